The van der Waals surface area contributed by atoms with Crippen LogP contribution in [0.5, 0.6) is 0 Å². The maximum Gasteiger partial charge on any atom is 0.328 e. The molecule has 0 saturated heterocycles. The fourth-order valence-electron chi connectivity index (χ4n) is 0.695. The summed E-state index contributed by atoms with van der Waals surface area (Å²) in [6.45, 7) is 2.53. The number of aliphatic carboxylic acids is 1. The number of nitrogens with zero attached hydrogens (tertiary/aromatic N) is 1. The zero-order valence-corrected chi connectivity index (χ0v) is 9.83. The van der Waals surface area contributed by atoms with Crippen molar-refractivity contribution in [3.05, 3.63) is 0 Å². The van der Waals surface area contributed by atoms with Crippen molar-refractivity contribution in [3.8, 4) is 0 Å². The van der Waals surface area contributed by atoms with Gasteiger partial charge in [-0.15, -0.1) is 0 Å². The molecule has 0 aliphatic rings. The van der Waals surface area contributed by atoms with Crippen LogP contribution >= 0.6 is 0 Å². The van der Waals surface area contributed by atoms with Crippen molar-refractivity contribution in [2.24, 2.45) is 0 Å². The van der Waals surface area contributed by atoms with Crippen molar-refractivity contribution < 1.29 is 19.5 Å². The zero-order chi connectivity index (χ0) is 12.9. The summed E-state index contributed by atoms with van der Waals surface area (Å²) in [6, 6.07) is -0.692. The fraction of sp³-hybridized carbons (Fsp3) is 0.667. The molecular formula is C9H17N3O4. The van der Waals surface area contributed by atoms with Gasteiger partial charge in [-0.05, 0) is 13.8 Å². The molecule has 0 aliphatic heterocycles. The molecule has 0 saturated carbocycles. The van der Waals surface area contributed by atoms with E-state index in [1.807, 2.05) is 0 Å². The van der Waals surface area contributed by atoms with Crippen LogP contribution < -0.4 is 10.6 Å². The van der Waals surface area contributed by atoms with Gasteiger partial charge in [0.25, 0.3) is 0 Å². The topological polar surface area (TPSA) is 98.7 Å². The minimum Gasteiger partial charge on any atom is -0.480 e. The molecule has 0 fully saturated rings. The van der Waals surface area contributed by atoms with Crippen LogP contribution in [0.2, 0.25) is 0 Å². The molecule has 0 heterocycles. The highest BCUT2D eigenvalue weighted by Crippen LogP contribution is 2.00. The number of carboxylic acids is 1. The lowest BCUT2D eigenvalue weighted by Crippen LogP contribution is -2.54. The summed E-state index contributed by atoms with van der Waals surface area (Å²) in [5, 5.41) is 13.2. The molecule has 0 unspecified atom stereocenters. The third kappa shape index (κ3) is 4.63. The van der Waals surface area contributed by atoms with Gasteiger partial charge in [-0.25, -0.2) is 9.59 Å². The number of nitrogens with one attached hydrogen (secondary N) is 2. The van der Waals surface area contributed by atoms with E-state index in [9.17, 15) is 14.4 Å². The molecule has 0 spiro atoms. The van der Waals surface area contributed by atoms with E-state index in [-0.39, 0.29) is 12.5 Å². The Kier molecular flexibility index (Phi) is 4.74. The minimum atomic E-state index is -1.37. The van der Waals surface area contributed by atoms with E-state index >= 15 is 0 Å². The first-order valence-electron chi connectivity index (χ1n) is 4.66. The predicted molar refractivity (Wildman–Crippen MR) is 56.9 cm³/mol. The number of hydrogen-bond donors (Lipinski definition) is 3. The lowest BCUT2D eigenvalue weighted by atomic mass is 10.1. The zero-order valence-electron chi connectivity index (χ0n) is 9.83. The van der Waals surface area contributed by atoms with Gasteiger partial charge in [-0.1, -0.05) is 0 Å². The lowest BCUT2D eigenvalue weighted by Gasteiger charge is -2.21. The summed E-state index contributed by atoms with van der Waals surface area (Å²) in [7, 11) is 3.12. The first-order valence-corrected chi connectivity index (χ1v) is 4.66. The highest BCUT2D eigenvalue weighted by molar-refractivity contribution is 5.88. The summed E-state index contributed by atoms with van der Waals surface area (Å²) >= 11 is 0. The minimum absolute atomic E-state index is 0.172. The van der Waals surface area contributed by atoms with Gasteiger partial charge in [0, 0.05) is 14.1 Å². The molecule has 0 atom stereocenters. The summed E-state index contributed by atoms with van der Waals surface area (Å²) < 4.78 is 0. The second-order valence-electron chi connectivity index (χ2n) is 4.03. The van der Waals surface area contributed by atoms with Crippen LogP contribution in [0.1, 0.15) is 13.8 Å². The number of carbonyl (C=O) groups is 3. The van der Waals surface area contributed by atoms with E-state index in [1.165, 1.54) is 18.7 Å². The Balaban J connectivity index is 4.11. The Hall–Kier alpha value is -1.79. The van der Waals surface area contributed by atoms with Crippen molar-refractivity contribution in [1.82, 2.24) is 15.5 Å². The van der Waals surface area contributed by atoms with Gasteiger partial charge >= 0.3 is 12.0 Å². The highest BCUT2D eigenvalue weighted by atomic mass is 16.4. The number of carbonyl (C=O) groups excluding carboxylic acids is 2. The second-order valence-corrected chi connectivity index (χ2v) is 4.03. The summed E-state index contributed by atoms with van der Waals surface area (Å²) in [4.78, 5) is 34.4. The van der Waals surface area contributed by atoms with Crippen LogP contribution in [0.25, 0.3) is 0 Å². The van der Waals surface area contributed by atoms with Gasteiger partial charge < -0.3 is 20.6 Å². The number of hydrogen-bond acceptors (Lipinski definition) is 3. The molecule has 3 N–H and O–H groups in total. The average Bonchev–Trinajstić information content (AvgIpc) is 2.12. The standard InChI is InChI=1S/C9H17N3O4/c1-9(2,7(14)15)11-8(16)10-5-6(13)12(3)4/h5H2,1-4H3,(H,14,15)(H2,10,11,16). The van der Waals surface area contributed by atoms with Crippen molar-refractivity contribution >= 4 is 17.9 Å². The molecule has 0 aromatic carbocycles. The van der Waals surface area contributed by atoms with Gasteiger partial charge in [0.15, 0.2) is 0 Å². The van der Waals surface area contributed by atoms with Crippen LogP contribution in [0, 0.1) is 0 Å². The van der Waals surface area contributed by atoms with Gasteiger partial charge in [0.2, 0.25) is 5.91 Å². The van der Waals surface area contributed by atoms with E-state index in [2.05, 4.69) is 10.6 Å². The molecule has 0 aliphatic carbocycles. The van der Waals surface area contributed by atoms with E-state index in [1.54, 1.807) is 14.1 Å². The van der Waals surface area contributed by atoms with Gasteiger partial charge in [-0.3, -0.25) is 4.79 Å². The third-order valence-corrected chi connectivity index (χ3v) is 1.86. The van der Waals surface area contributed by atoms with Crippen LogP contribution in [-0.2, 0) is 9.59 Å². The molecule has 92 valence electrons. The van der Waals surface area contributed by atoms with Crippen molar-refractivity contribution in [1.29, 1.82) is 0 Å². The van der Waals surface area contributed by atoms with Gasteiger partial charge in [-0.2, -0.15) is 0 Å². The Bertz CT molecular complexity index is 299. The number of likely N-dealkylation sites (N-methyl/N-ethyl adjacent to an activating group) is 1. The monoisotopic (exact) mass is 231 g/mol. The Morgan fingerprint density at radius 2 is 1.75 bits per heavy atom. The summed E-state index contributed by atoms with van der Waals surface area (Å²) in [5.74, 6) is -1.43. The molecule has 0 aromatic rings. The normalized spacial score (nSPS) is 10.5. The largest absolute Gasteiger partial charge is 0.480 e. The van der Waals surface area contributed by atoms with Crippen LogP contribution in [0.3, 0.4) is 0 Å². The maximum absolute atomic E-state index is 11.2. The molecule has 3 amide bonds. The van der Waals surface area contributed by atoms with Crippen LogP contribution in [0.15, 0.2) is 0 Å². The molecule has 0 bridgehead atoms. The van der Waals surface area contributed by atoms with E-state index in [0.29, 0.717) is 0 Å². The Morgan fingerprint density at radius 3 is 2.12 bits per heavy atom. The number of urea groups is 1. The average molecular weight is 231 g/mol. The molecule has 7 nitrogen and oxygen atoms in total. The van der Waals surface area contributed by atoms with Gasteiger partial charge in [0.1, 0.15) is 5.54 Å². The smallest absolute Gasteiger partial charge is 0.328 e. The molecule has 0 rings (SSSR count). The first-order chi connectivity index (χ1) is 7.16. The van der Waals surface area contributed by atoms with Crippen molar-refractivity contribution in [3.63, 3.8) is 0 Å². The quantitative estimate of drug-likeness (QED) is 0.592. The highest BCUT2D eigenvalue weighted by Gasteiger charge is 2.28. The molecule has 7 heteroatoms. The lowest BCUT2D eigenvalue weighted by molar-refractivity contribution is -0.142. The molecule has 16 heavy (non-hydrogen) atoms. The molecular weight excluding hydrogens is 214 g/mol. The summed E-state index contributed by atoms with van der Waals surface area (Å²) in [6.07, 6.45) is 0. The maximum atomic E-state index is 11.2. The first kappa shape index (κ1) is 14.2. The SMILES string of the molecule is CN(C)C(=O)CNC(=O)NC(C)(C)C(=O)O. The summed E-state index contributed by atoms with van der Waals surface area (Å²) in [5.41, 5.74) is -1.37. The third-order valence-electron chi connectivity index (χ3n) is 1.86. The van der Waals surface area contributed by atoms with Crippen molar-refractivity contribution in [2.45, 2.75) is 19.4 Å². The number of rotatable bonds is 4. The number of amides is 3. The Morgan fingerprint density at radius 1 is 1.25 bits per heavy atom. The second kappa shape index (κ2) is 5.34. The van der Waals surface area contributed by atoms with Crippen molar-refractivity contribution in [2.75, 3.05) is 20.6 Å². The molecule has 0 radical (unpaired) electrons. The molecule has 0 aromatic heterocycles. The van der Waals surface area contributed by atoms with E-state index in [4.69, 9.17) is 5.11 Å². The van der Waals surface area contributed by atoms with Crippen LogP contribution in [-0.4, -0.2) is 54.1 Å². The Labute approximate surface area is 93.8 Å². The fourth-order valence-corrected chi connectivity index (χ4v) is 0.695. The predicted octanol–water partition coefficient (Wildman–Crippen LogP) is -0.763. The van der Waals surface area contributed by atoms with E-state index in [0.717, 1.165) is 0 Å². The van der Waals surface area contributed by atoms with Crippen LogP contribution in [0.4, 0.5) is 4.79 Å². The number of carboxylic acid groups (broad SMARTS) is 1. The van der Waals surface area contributed by atoms with E-state index < -0.39 is 17.5 Å². The van der Waals surface area contributed by atoms with Gasteiger partial charge in [0.05, 0.1) is 6.54 Å².